The van der Waals surface area contributed by atoms with E-state index in [2.05, 4.69) is 14.9 Å². The highest BCUT2D eigenvalue weighted by Crippen LogP contribution is 2.37. The minimum absolute atomic E-state index is 0.0363. The van der Waals surface area contributed by atoms with Gasteiger partial charge in [0.1, 0.15) is 21.6 Å². The first-order chi connectivity index (χ1) is 12.6. The number of hydrogen-bond acceptors (Lipinski definition) is 7. The van der Waals surface area contributed by atoms with Crippen LogP contribution in [-0.2, 0) is 9.47 Å². The van der Waals surface area contributed by atoms with E-state index < -0.39 is 0 Å². The van der Waals surface area contributed by atoms with Crippen molar-refractivity contribution in [3.05, 3.63) is 15.7 Å². The van der Waals surface area contributed by atoms with Crippen LogP contribution in [0.4, 0.5) is 5.82 Å². The fraction of sp³-hybridized carbons (Fsp3) is 0.611. The van der Waals surface area contributed by atoms with E-state index in [9.17, 15) is 4.79 Å². The van der Waals surface area contributed by atoms with E-state index in [1.807, 2.05) is 6.92 Å². The zero-order valence-electron chi connectivity index (χ0n) is 14.8. The van der Waals surface area contributed by atoms with Crippen LogP contribution in [0.1, 0.15) is 47.3 Å². The third-order valence-corrected chi connectivity index (χ3v) is 6.40. The average molecular weight is 396 g/mol. The number of carbonyl (C=O) groups is 1. The molecule has 26 heavy (non-hydrogen) atoms. The average Bonchev–Trinajstić information content (AvgIpc) is 2.99. The molecule has 0 amide bonds. The van der Waals surface area contributed by atoms with Crippen LogP contribution in [0.5, 0.6) is 0 Å². The Morgan fingerprint density at radius 1 is 1.23 bits per heavy atom. The zero-order valence-corrected chi connectivity index (χ0v) is 16.4. The summed E-state index contributed by atoms with van der Waals surface area (Å²) in [7, 11) is 0. The number of aromatic nitrogens is 2. The Morgan fingerprint density at radius 3 is 2.69 bits per heavy atom. The maximum Gasteiger partial charge on any atom is 0.348 e. The number of hydrogen-bond donors (Lipinski definition) is 0. The largest absolute Gasteiger partial charge is 0.458 e. The van der Waals surface area contributed by atoms with Gasteiger partial charge in [-0.25, -0.2) is 9.78 Å². The van der Waals surface area contributed by atoms with Crippen molar-refractivity contribution in [2.45, 2.75) is 45.1 Å². The summed E-state index contributed by atoms with van der Waals surface area (Å²) < 4.78 is 11.2. The monoisotopic (exact) mass is 395 g/mol. The summed E-state index contributed by atoms with van der Waals surface area (Å²) in [6, 6.07) is 0. The Morgan fingerprint density at radius 2 is 1.96 bits per heavy atom. The molecule has 1 aliphatic carbocycles. The summed E-state index contributed by atoms with van der Waals surface area (Å²) in [5.74, 6) is 0.537. The van der Waals surface area contributed by atoms with Gasteiger partial charge >= 0.3 is 5.97 Å². The fourth-order valence-corrected chi connectivity index (χ4v) is 4.95. The van der Waals surface area contributed by atoms with Gasteiger partial charge in [0, 0.05) is 13.1 Å². The molecule has 6 nitrogen and oxygen atoms in total. The first-order valence-corrected chi connectivity index (χ1v) is 10.3. The topological polar surface area (TPSA) is 64.5 Å². The second-order valence-corrected chi connectivity index (χ2v) is 8.15. The van der Waals surface area contributed by atoms with E-state index in [4.69, 9.17) is 21.1 Å². The highest BCUT2D eigenvalue weighted by Gasteiger charge is 2.26. The lowest BCUT2D eigenvalue weighted by Crippen LogP contribution is -2.37. The number of morpholine rings is 1. The quantitative estimate of drug-likeness (QED) is 0.578. The van der Waals surface area contributed by atoms with Gasteiger partial charge in [-0.15, -0.1) is 11.3 Å². The van der Waals surface area contributed by atoms with Gasteiger partial charge in [0.15, 0.2) is 0 Å². The Hall–Kier alpha value is -1.44. The van der Waals surface area contributed by atoms with Gasteiger partial charge in [0.25, 0.3) is 0 Å². The Balaban J connectivity index is 1.68. The minimum atomic E-state index is -0.249. The Bertz CT molecular complexity index is 814. The lowest BCUT2D eigenvalue weighted by molar-refractivity contribution is 0.0216. The number of rotatable bonds is 3. The number of esters is 1. The summed E-state index contributed by atoms with van der Waals surface area (Å²) in [6.07, 6.45) is 5.44. The van der Waals surface area contributed by atoms with E-state index in [0.29, 0.717) is 18.1 Å². The second kappa shape index (κ2) is 7.66. The standard InChI is InChI=1S/C18H22ClN3O3S/c1-11-13-15(22-7-9-24-10-8-22)20-18(19)21-16(13)26-14(11)17(23)25-12-5-3-2-4-6-12/h12H,2-10H2,1H3. The SMILES string of the molecule is Cc1c(C(=O)OC2CCCCC2)sc2nc(Cl)nc(N3CCOCC3)c12. The van der Waals surface area contributed by atoms with Gasteiger partial charge in [0.2, 0.25) is 5.28 Å². The van der Waals surface area contributed by atoms with Gasteiger partial charge in [-0.2, -0.15) is 4.98 Å². The normalized spacial score (nSPS) is 19.1. The molecule has 2 fully saturated rings. The van der Waals surface area contributed by atoms with Gasteiger partial charge < -0.3 is 14.4 Å². The number of halogens is 1. The minimum Gasteiger partial charge on any atom is -0.458 e. The number of ether oxygens (including phenoxy) is 2. The summed E-state index contributed by atoms with van der Waals surface area (Å²) in [4.78, 5) is 25.0. The van der Waals surface area contributed by atoms with Crippen LogP contribution in [0.2, 0.25) is 5.28 Å². The van der Waals surface area contributed by atoms with Crippen LogP contribution in [0.3, 0.4) is 0 Å². The lowest BCUT2D eigenvalue weighted by atomic mass is 9.98. The molecule has 8 heteroatoms. The summed E-state index contributed by atoms with van der Waals surface area (Å²) in [5.41, 5.74) is 0.879. The number of fused-ring (bicyclic) bond motifs is 1. The second-order valence-electron chi connectivity index (χ2n) is 6.82. The smallest absolute Gasteiger partial charge is 0.348 e. The van der Waals surface area contributed by atoms with Crippen molar-refractivity contribution < 1.29 is 14.3 Å². The molecule has 1 aliphatic heterocycles. The van der Waals surface area contributed by atoms with Crippen molar-refractivity contribution >= 4 is 44.9 Å². The molecule has 0 unspecified atom stereocenters. The van der Waals surface area contributed by atoms with Crippen LogP contribution in [0, 0.1) is 6.92 Å². The zero-order chi connectivity index (χ0) is 18.1. The van der Waals surface area contributed by atoms with E-state index in [1.165, 1.54) is 17.8 Å². The number of nitrogens with zero attached hydrogens (tertiary/aromatic N) is 3. The molecular weight excluding hydrogens is 374 g/mol. The molecule has 1 saturated heterocycles. The molecule has 1 saturated carbocycles. The van der Waals surface area contributed by atoms with Gasteiger partial charge in [0.05, 0.1) is 18.6 Å². The first kappa shape index (κ1) is 17.9. The van der Waals surface area contributed by atoms with Crippen molar-refractivity contribution in [1.29, 1.82) is 0 Å². The third kappa shape index (κ3) is 3.52. The summed E-state index contributed by atoms with van der Waals surface area (Å²) >= 11 is 7.50. The molecule has 2 aromatic rings. The van der Waals surface area contributed by atoms with Crippen molar-refractivity contribution in [3.63, 3.8) is 0 Å². The van der Waals surface area contributed by atoms with E-state index in [-0.39, 0.29) is 17.4 Å². The third-order valence-electron chi connectivity index (χ3n) is 5.07. The number of carbonyl (C=O) groups excluding carboxylic acids is 1. The molecule has 4 rings (SSSR count). The molecule has 3 heterocycles. The molecular formula is C18H22ClN3O3S. The molecule has 0 aromatic carbocycles. The van der Waals surface area contributed by atoms with E-state index >= 15 is 0 Å². The molecule has 2 aliphatic rings. The molecule has 0 bridgehead atoms. The predicted octanol–water partition coefficient (Wildman–Crippen LogP) is 3.98. The van der Waals surface area contributed by atoms with Crippen molar-refractivity contribution in [2.75, 3.05) is 31.2 Å². The van der Waals surface area contributed by atoms with Crippen LogP contribution in [0.15, 0.2) is 0 Å². The highest BCUT2D eigenvalue weighted by molar-refractivity contribution is 7.20. The summed E-state index contributed by atoms with van der Waals surface area (Å²) in [6.45, 7) is 4.75. The lowest BCUT2D eigenvalue weighted by Gasteiger charge is -2.28. The Labute approximate surface area is 161 Å². The first-order valence-electron chi connectivity index (χ1n) is 9.14. The van der Waals surface area contributed by atoms with Crippen LogP contribution in [-0.4, -0.2) is 48.3 Å². The van der Waals surface area contributed by atoms with Gasteiger partial charge in [-0.1, -0.05) is 6.42 Å². The number of anilines is 1. The molecule has 0 atom stereocenters. The van der Waals surface area contributed by atoms with Gasteiger partial charge in [-0.3, -0.25) is 0 Å². The van der Waals surface area contributed by atoms with Gasteiger partial charge in [-0.05, 0) is 49.8 Å². The van der Waals surface area contributed by atoms with Crippen molar-refractivity contribution in [2.24, 2.45) is 0 Å². The highest BCUT2D eigenvalue weighted by atomic mass is 35.5. The fourth-order valence-electron chi connectivity index (χ4n) is 3.68. The predicted molar refractivity (Wildman–Crippen MR) is 102 cm³/mol. The molecule has 140 valence electrons. The molecule has 0 spiro atoms. The van der Waals surface area contributed by atoms with Crippen molar-refractivity contribution in [3.8, 4) is 0 Å². The summed E-state index contributed by atoms with van der Waals surface area (Å²) in [5, 5.41) is 1.10. The van der Waals surface area contributed by atoms with Crippen LogP contribution >= 0.6 is 22.9 Å². The number of aryl methyl sites for hydroxylation is 1. The number of thiophene rings is 1. The van der Waals surface area contributed by atoms with Crippen LogP contribution in [0.25, 0.3) is 10.2 Å². The van der Waals surface area contributed by atoms with E-state index in [1.54, 1.807) is 0 Å². The van der Waals surface area contributed by atoms with Crippen LogP contribution < -0.4 is 4.90 Å². The maximum atomic E-state index is 12.7. The molecule has 2 aromatic heterocycles. The molecule has 0 radical (unpaired) electrons. The Kier molecular flexibility index (Phi) is 5.29. The van der Waals surface area contributed by atoms with Crippen molar-refractivity contribution in [1.82, 2.24) is 9.97 Å². The van der Waals surface area contributed by atoms with E-state index in [0.717, 1.165) is 60.4 Å². The molecule has 0 N–H and O–H groups in total. The maximum absolute atomic E-state index is 12.7.